The molecule has 0 aromatic heterocycles. The van der Waals surface area contributed by atoms with Gasteiger partial charge in [0, 0.05) is 6.54 Å². The minimum atomic E-state index is -0.771. The highest BCUT2D eigenvalue weighted by Gasteiger charge is 2.27. The molecule has 1 aromatic carbocycles. The first-order valence-corrected chi connectivity index (χ1v) is 7.16. The number of nitro groups is 1. The van der Waals surface area contributed by atoms with Gasteiger partial charge in [-0.1, -0.05) is 37.8 Å². The fourth-order valence-corrected chi connectivity index (χ4v) is 2.88. The molecular weight excluding hydrogens is 283 g/mol. The van der Waals surface area contributed by atoms with Crippen LogP contribution in [0.2, 0.25) is 5.02 Å². The Morgan fingerprint density at radius 3 is 2.65 bits per heavy atom. The van der Waals surface area contributed by atoms with Crippen LogP contribution in [-0.2, 0) is 0 Å². The van der Waals surface area contributed by atoms with Crippen LogP contribution in [-0.4, -0.2) is 11.5 Å². The van der Waals surface area contributed by atoms with Crippen molar-refractivity contribution < 1.29 is 9.31 Å². The van der Waals surface area contributed by atoms with Crippen molar-refractivity contribution in [1.29, 1.82) is 0 Å². The summed E-state index contributed by atoms with van der Waals surface area (Å²) in [6, 6.07) is 2.16. The first-order valence-electron chi connectivity index (χ1n) is 6.79. The smallest absolute Gasteiger partial charge is 0.295 e. The SMILES string of the molecule is CC1(CNc2cc(Cl)c(F)cc2[N+](=O)[O-])CCCCC1. The molecule has 1 fully saturated rings. The molecule has 4 nitrogen and oxygen atoms in total. The van der Waals surface area contributed by atoms with E-state index in [1.54, 1.807) is 0 Å². The van der Waals surface area contributed by atoms with Crippen LogP contribution in [0.4, 0.5) is 15.8 Å². The Hall–Kier alpha value is -1.36. The summed E-state index contributed by atoms with van der Waals surface area (Å²) < 4.78 is 13.3. The Bertz CT molecular complexity index is 516. The van der Waals surface area contributed by atoms with Crippen molar-refractivity contribution >= 4 is 23.0 Å². The Labute approximate surface area is 122 Å². The molecule has 0 unspecified atom stereocenters. The van der Waals surface area contributed by atoms with Gasteiger partial charge in [-0.25, -0.2) is 4.39 Å². The number of rotatable bonds is 4. The Kier molecular flexibility index (Phi) is 4.48. The maximum Gasteiger partial charge on any atom is 0.295 e. The number of hydrogen-bond acceptors (Lipinski definition) is 3. The summed E-state index contributed by atoms with van der Waals surface area (Å²) in [4.78, 5) is 10.4. The monoisotopic (exact) mass is 300 g/mol. The maximum atomic E-state index is 13.3. The summed E-state index contributed by atoms with van der Waals surface area (Å²) in [6.45, 7) is 2.81. The molecule has 1 aliphatic carbocycles. The molecule has 2 rings (SSSR count). The van der Waals surface area contributed by atoms with Gasteiger partial charge in [0.25, 0.3) is 5.69 Å². The zero-order valence-corrected chi connectivity index (χ0v) is 12.2. The molecule has 1 saturated carbocycles. The lowest BCUT2D eigenvalue weighted by atomic mass is 9.76. The summed E-state index contributed by atoms with van der Waals surface area (Å²) in [5.74, 6) is -0.771. The summed E-state index contributed by atoms with van der Waals surface area (Å²) in [6.07, 6.45) is 5.82. The third-order valence-electron chi connectivity index (χ3n) is 4.00. The number of benzene rings is 1. The van der Waals surface area contributed by atoms with Crippen LogP contribution in [0.3, 0.4) is 0 Å². The van der Waals surface area contributed by atoms with Crippen LogP contribution in [0, 0.1) is 21.3 Å². The van der Waals surface area contributed by atoms with Gasteiger partial charge in [-0.2, -0.15) is 0 Å². The molecule has 1 aromatic rings. The van der Waals surface area contributed by atoms with E-state index in [1.165, 1.54) is 25.3 Å². The molecule has 1 aliphatic rings. The van der Waals surface area contributed by atoms with Crippen LogP contribution < -0.4 is 5.32 Å². The van der Waals surface area contributed by atoms with Gasteiger partial charge in [0.2, 0.25) is 0 Å². The molecule has 0 heterocycles. The second-order valence-corrected chi connectivity index (χ2v) is 6.17. The number of nitrogens with one attached hydrogen (secondary N) is 1. The van der Waals surface area contributed by atoms with Gasteiger partial charge in [-0.05, 0) is 24.3 Å². The zero-order chi connectivity index (χ0) is 14.8. The average molecular weight is 301 g/mol. The third kappa shape index (κ3) is 3.39. The van der Waals surface area contributed by atoms with Crippen LogP contribution in [0.15, 0.2) is 12.1 Å². The molecule has 0 spiro atoms. The number of nitro benzene ring substituents is 1. The standard InChI is InChI=1S/C14H18ClFN2O2/c1-14(5-3-2-4-6-14)9-17-12-7-10(15)11(16)8-13(12)18(19)20/h7-8,17H,2-6,9H2,1H3. The van der Waals surface area contributed by atoms with E-state index < -0.39 is 10.7 Å². The van der Waals surface area contributed by atoms with Gasteiger partial charge in [-0.3, -0.25) is 10.1 Å². The number of anilines is 1. The molecule has 0 aliphatic heterocycles. The first kappa shape index (κ1) is 15.0. The average Bonchev–Trinajstić information content (AvgIpc) is 2.40. The Balaban J connectivity index is 2.16. The van der Waals surface area contributed by atoms with Crippen molar-refractivity contribution in [1.82, 2.24) is 0 Å². The third-order valence-corrected chi connectivity index (χ3v) is 4.29. The van der Waals surface area contributed by atoms with Gasteiger partial charge in [0.05, 0.1) is 16.0 Å². The summed E-state index contributed by atoms with van der Waals surface area (Å²) in [5.41, 5.74) is 0.145. The number of hydrogen-bond donors (Lipinski definition) is 1. The van der Waals surface area contributed by atoms with Gasteiger partial charge >= 0.3 is 0 Å². The highest BCUT2D eigenvalue weighted by Crippen LogP contribution is 2.37. The van der Waals surface area contributed by atoms with E-state index in [-0.39, 0.29) is 21.8 Å². The quantitative estimate of drug-likeness (QED) is 0.643. The van der Waals surface area contributed by atoms with Gasteiger partial charge in [-0.15, -0.1) is 0 Å². The lowest BCUT2D eigenvalue weighted by Gasteiger charge is -2.34. The van der Waals surface area contributed by atoms with Crippen molar-refractivity contribution in [3.8, 4) is 0 Å². The van der Waals surface area contributed by atoms with Crippen molar-refractivity contribution in [2.75, 3.05) is 11.9 Å². The van der Waals surface area contributed by atoms with E-state index in [0.717, 1.165) is 18.9 Å². The lowest BCUT2D eigenvalue weighted by molar-refractivity contribution is -0.384. The van der Waals surface area contributed by atoms with E-state index in [0.29, 0.717) is 6.54 Å². The summed E-state index contributed by atoms with van der Waals surface area (Å²) in [7, 11) is 0. The van der Waals surface area contributed by atoms with Crippen molar-refractivity contribution in [2.24, 2.45) is 5.41 Å². The Morgan fingerprint density at radius 2 is 2.05 bits per heavy atom. The molecule has 0 atom stereocenters. The van der Waals surface area contributed by atoms with Gasteiger partial charge in [0.15, 0.2) is 0 Å². The second kappa shape index (κ2) is 5.95. The minimum Gasteiger partial charge on any atom is -0.379 e. The lowest BCUT2D eigenvalue weighted by Crippen LogP contribution is -2.29. The largest absolute Gasteiger partial charge is 0.379 e. The van der Waals surface area contributed by atoms with E-state index in [4.69, 9.17) is 11.6 Å². The molecule has 0 radical (unpaired) electrons. The molecule has 0 saturated heterocycles. The van der Waals surface area contributed by atoms with Crippen LogP contribution in [0.25, 0.3) is 0 Å². The maximum absolute atomic E-state index is 13.3. The fourth-order valence-electron chi connectivity index (χ4n) is 2.72. The second-order valence-electron chi connectivity index (χ2n) is 5.77. The van der Waals surface area contributed by atoms with Crippen LogP contribution >= 0.6 is 11.6 Å². The van der Waals surface area contributed by atoms with Crippen molar-refractivity contribution in [3.63, 3.8) is 0 Å². The summed E-state index contributed by atoms with van der Waals surface area (Å²) >= 11 is 5.71. The Morgan fingerprint density at radius 1 is 1.40 bits per heavy atom. The number of nitrogens with zero attached hydrogens (tertiary/aromatic N) is 1. The van der Waals surface area contributed by atoms with E-state index in [9.17, 15) is 14.5 Å². The van der Waals surface area contributed by atoms with E-state index >= 15 is 0 Å². The van der Waals surface area contributed by atoms with Crippen LogP contribution in [0.1, 0.15) is 39.0 Å². The van der Waals surface area contributed by atoms with Crippen molar-refractivity contribution in [2.45, 2.75) is 39.0 Å². The molecule has 0 bridgehead atoms. The van der Waals surface area contributed by atoms with E-state index in [2.05, 4.69) is 12.2 Å². The topological polar surface area (TPSA) is 55.2 Å². The fraction of sp³-hybridized carbons (Fsp3) is 0.571. The highest BCUT2D eigenvalue weighted by atomic mass is 35.5. The zero-order valence-electron chi connectivity index (χ0n) is 11.4. The molecule has 1 N–H and O–H groups in total. The first-order chi connectivity index (χ1) is 9.41. The van der Waals surface area contributed by atoms with E-state index in [1.807, 2.05) is 0 Å². The number of halogens is 2. The predicted molar refractivity (Wildman–Crippen MR) is 77.7 cm³/mol. The molecular formula is C14H18ClFN2O2. The minimum absolute atomic E-state index is 0.105. The van der Waals surface area contributed by atoms with Crippen molar-refractivity contribution in [3.05, 3.63) is 33.1 Å². The highest BCUT2D eigenvalue weighted by molar-refractivity contribution is 6.31. The molecule has 6 heteroatoms. The van der Waals surface area contributed by atoms with Gasteiger partial charge < -0.3 is 5.32 Å². The predicted octanol–water partition coefficient (Wildman–Crippen LogP) is 4.77. The van der Waals surface area contributed by atoms with Gasteiger partial charge in [0.1, 0.15) is 11.5 Å². The molecule has 20 heavy (non-hydrogen) atoms. The molecule has 0 amide bonds. The summed E-state index contributed by atoms with van der Waals surface area (Å²) in [5, 5.41) is 13.9. The normalized spacial score (nSPS) is 17.8. The van der Waals surface area contributed by atoms with Crippen LogP contribution in [0.5, 0.6) is 0 Å². The molecule has 110 valence electrons.